The fourth-order valence-electron chi connectivity index (χ4n) is 1.33. The number of aromatic nitrogens is 2. The molecule has 90 valence electrons. The first-order valence-corrected chi connectivity index (χ1v) is 6.84. The second-order valence-electron chi connectivity index (χ2n) is 3.37. The molecule has 17 heavy (non-hydrogen) atoms. The van der Waals surface area contributed by atoms with Crippen LogP contribution >= 0.6 is 23.2 Å². The molecule has 0 fully saturated rings. The van der Waals surface area contributed by atoms with Gasteiger partial charge in [-0.15, -0.1) is 0 Å². The summed E-state index contributed by atoms with van der Waals surface area (Å²) >= 11 is 11.9. The van der Waals surface area contributed by atoms with E-state index in [9.17, 15) is 8.42 Å². The molecule has 0 aliphatic rings. The zero-order valence-electron chi connectivity index (χ0n) is 8.76. The summed E-state index contributed by atoms with van der Waals surface area (Å²) in [5.41, 5.74) is 0.529. The van der Waals surface area contributed by atoms with Gasteiger partial charge in [-0.25, -0.2) is 0 Å². The van der Waals surface area contributed by atoms with Crippen LogP contribution in [0.3, 0.4) is 0 Å². The molecule has 0 N–H and O–H groups in total. The van der Waals surface area contributed by atoms with Crippen LogP contribution in [0.5, 0.6) is 0 Å². The Morgan fingerprint density at radius 1 is 1.29 bits per heavy atom. The molecule has 0 amide bonds. The molecular weight excluding hydrogens is 283 g/mol. The Morgan fingerprint density at radius 3 is 2.59 bits per heavy atom. The van der Waals surface area contributed by atoms with Gasteiger partial charge in [0, 0.05) is 11.2 Å². The van der Waals surface area contributed by atoms with Crippen molar-refractivity contribution in [2.75, 3.05) is 0 Å². The molecule has 4 nitrogen and oxygen atoms in total. The third-order valence-corrected chi connectivity index (χ3v) is 4.90. The number of benzene rings is 1. The monoisotopic (exact) mass is 290 g/mol. The molecule has 0 aliphatic carbocycles. The van der Waals surface area contributed by atoms with Gasteiger partial charge in [0.05, 0.1) is 11.2 Å². The van der Waals surface area contributed by atoms with E-state index in [-0.39, 0.29) is 9.92 Å². The summed E-state index contributed by atoms with van der Waals surface area (Å²) in [7, 11) is -3.75. The topological polar surface area (TPSA) is 52.0 Å². The van der Waals surface area contributed by atoms with Crippen LogP contribution in [-0.4, -0.2) is 17.6 Å². The van der Waals surface area contributed by atoms with Crippen molar-refractivity contribution in [3.05, 3.63) is 46.2 Å². The van der Waals surface area contributed by atoms with Gasteiger partial charge < -0.3 is 0 Å². The standard InChI is InChI=1S/C10H8Cl2N2O2S/c1-7-8(11)3-4-9(10(7)12)17(15,16)14-6-2-5-13-14/h2-6H,1H3. The van der Waals surface area contributed by atoms with Gasteiger partial charge in [0.15, 0.2) is 0 Å². The molecule has 0 aliphatic heterocycles. The first kappa shape index (κ1) is 12.4. The normalized spacial score (nSPS) is 11.7. The highest BCUT2D eigenvalue weighted by Gasteiger charge is 2.22. The Bertz CT molecular complexity index is 651. The van der Waals surface area contributed by atoms with Crippen molar-refractivity contribution in [2.45, 2.75) is 11.8 Å². The van der Waals surface area contributed by atoms with Gasteiger partial charge in [-0.05, 0) is 30.7 Å². The Balaban J connectivity index is 2.67. The van der Waals surface area contributed by atoms with Gasteiger partial charge in [-0.1, -0.05) is 23.2 Å². The van der Waals surface area contributed by atoms with Gasteiger partial charge >= 0.3 is 0 Å². The van der Waals surface area contributed by atoms with Gasteiger partial charge in [0.25, 0.3) is 10.0 Å². The highest BCUT2D eigenvalue weighted by atomic mass is 35.5. The first-order chi connectivity index (χ1) is 7.94. The van der Waals surface area contributed by atoms with Gasteiger partial charge in [-0.3, -0.25) is 0 Å². The molecule has 0 bridgehead atoms. The highest BCUT2D eigenvalue weighted by molar-refractivity contribution is 7.90. The fourth-order valence-corrected chi connectivity index (χ4v) is 3.23. The Kier molecular flexibility index (Phi) is 3.16. The lowest BCUT2D eigenvalue weighted by Crippen LogP contribution is -2.14. The molecule has 1 aromatic heterocycles. The molecule has 2 rings (SSSR count). The number of rotatable bonds is 2. The van der Waals surface area contributed by atoms with Crippen LogP contribution in [0, 0.1) is 6.92 Å². The maximum atomic E-state index is 12.2. The van der Waals surface area contributed by atoms with Crippen molar-refractivity contribution in [1.29, 1.82) is 0 Å². The van der Waals surface area contributed by atoms with E-state index in [1.165, 1.54) is 30.6 Å². The van der Waals surface area contributed by atoms with Crippen LogP contribution in [0.15, 0.2) is 35.5 Å². The molecule has 0 saturated heterocycles. The number of halogens is 2. The molecule has 0 spiro atoms. The Morgan fingerprint density at radius 2 is 2.00 bits per heavy atom. The van der Waals surface area contributed by atoms with E-state index in [1.807, 2.05) is 0 Å². The summed E-state index contributed by atoms with van der Waals surface area (Å²) in [6, 6.07) is 4.39. The zero-order valence-corrected chi connectivity index (χ0v) is 11.1. The SMILES string of the molecule is Cc1c(Cl)ccc(S(=O)(=O)n2cccn2)c1Cl. The van der Waals surface area contributed by atoms with Crippen LogP contribution in [-0.2, 0) is 10.0 Å². The predicted molar refractivity (Wildman–Crippen MR) is 66.0 cm³/mol. The second kappa shape index (κ2) is 4.33. The largest absolute Gasteiger partial charge is 0.284 e. The molecule has 0 saturated carbocycles. The van der Waals surface area contributed by atoms with Crippen LogP contribution < -0.4 is 0 Å². The van der Waals surface area contributed by atoms with Gasteiger partial charge in [0.2, 0.25) is 0 Å². The fraction of sp³-hybridized carbons (Fsp3) is 0.100. The zero-order chi connectivity index (χ0) is 12.6. The van der Waals surface area contributed by atoms with Crippen molar-refractivity contribution in [1.82, 2.24) is 9.19 Å². The minimum absolute atomic E-state index is 0.00948. The minimum Gasteiger partial charge on any atom is -0.199 e. The minimum atomic E-state index is -3.75. The molecular formula is C10H8Cl2N2O2S. The van der Waals surface area contributed by atoms with E-state index in [1.54, 1.807) is 6.92 Å². The first-order valence-electron chi connectivity index (χ1n) is 4.64. The van der Waals surface area contributed by atoms with Crippen molar-refractivity contribution in [3.8, 4) is 0 Å². The number of hydrogen-bond donors (Lipinski definition) is 0. The van der Waals surface area contributed by atoms with Crippen molar-refractivity contribution < 1.29 is 8.42 Å². The van der Waals surface area contributed by atoms with E-state index in [2.05, 4.69) is 5.10 Å². The molecule has 1 heterocycles. The average Bonchev–Trinajstić information content (AvgIpc) is 2.79. The number of nitrogens with zero attached hydrogens (tertiary/aromatic N) is 2. The lowest BCUT2D eigenvalue weighted by molar-refractivity contribution is 0.580. The summed E-state index contributed by atoms with van der Waals surface area (Å²) in [6.07, 6.45) is 2.73. The summed E-state index contributed by atoms with van der Waals surface area (Å²) in [5, 5.41) is 4.24. The van der Waals surface area contributed by atoms with Crippen LogP contribution in [0.2, 0.25) is 10.0 Å². The quantitative estimate of drug-likeness (QED) is 0.855. The second-order valence-corrected chi connectivity index (χ2v) is 5.92. The smallest absolute Gasteiger partial charge is 0.199 e. The van der Waals surface area contributed by atoms with Crippen LogP contribution in [0.1, 0.15) is 5.56 Å². The van der Waals surface area contributed by atoms with Crippen molar-refractivity contribution in [2.24, 2.45) is 0 Å². The molecule has 1 aromatic carbocycles. The van der Waals surface area contributed by atoms with Gasteiger partial charge in [-0.2, -0.15) is 17.6 Å². The lowest BCUT2D eigenvalue weighted by Gasteiger charge is -2.09. The molecule has 0 radical (unpaired) electrons. The van der Waals surface area contributed by atoms with Crippen LogP contribution in [0.25, 0.3) is 0 Å². The predicted octanol–water partition coefficient (Wildman–Crippen LogP) is 2.74. The Hall–Kier alpha value is -1.04. The lowest BCUT2D eigenvalue weighted by atomic mass is 10.2. The summed E-state index contributed by atoms with van der Waals surface area (Å²) in [6.45, 7) is 1.66. The molecule has 0 unspecified atom stereocenters. The van der Waals surface area contributed by atoms with E-state index >= 15 is 0 Å². The third-order valence-electron chi connectivity index (χ3n) is 2.29. The van der Waals surface area contributed by atoms with Crippen molar-refractivity contribution >= 4 is 33.2 Å². The number of hydrogen-bond acceptors (Lipinski definition) is 3. The maximum absolute atomic E-state index is 12.2. The Labute approximate surface area is 109 Å². The highest BCUT2D eigenvalue weighted by Crippen LogP contribution is 2.30. The van der Waals surface area contributed by atoms with Gasteiger partial charge in [0.1, 0.15) is 4.90 Å². The van der Waals surface area contributed by atoms with E-state index in [4.69, 9.17) is 23.2 Å². The van der Waals surface area contributed by atoms with Crippen LogP contribution in [0.4, 0.5) is 0 Å². The average molecular weight is 291 g/mol. The van der Waals surface area contributed by atoms with E-state index < -0.39 is 10.0 Å². The molecule has 7 heteroatoms. The van der Waals surface area contributed by atoms with E-state index in [0.717, 1.165) is 4.09 Å². The summed E-state index contributed by atoms with van der Waals surface area (Å²) in [4.78, 5) is -0.00948. The molecule has 2 aromatic rings. The van der Waals surface area contributed by atoms with Crippen molar-refractivity contribution in [3.63, 3.8) is 0 Å². The van der Waals surface area contributed by atoms with E-state index in [0.29, 0.717) is 10.6 Å². The third kappa shape index (κ3) is 2.06. The maximum Gasteiger partial charge on any atom is 0.284 e. The summed E-state index contributed by atoms with van der Waals surface area (Å²) in [5.74, 6) is 0. The summed E-state index contributed by atoms with van der Waals surface area (Å²) < 4.78 is 25.2. The molecule has 0 atom stereocenters.